The van der Waals surface area contributed by atoms with E-state index in [4.69, 9.17) is 4.74 Å². The Morgan fingerprint density at radius 1 is 1.17 bits per heavy atom. The molecule has 102 valence electrons. The van der Waals surface area contributed by atoms with Crippen molar-refractivity contribution in [2.24, 2.45) is 11.3 Å². The Morgan fingerprint density at radius 2 is 1.78 bits per heavy atom. The van der Waals surface area contributed by atoms with Crippen molar-refractivity contribution in [2.45, 2.75) is 40.5 Å². The molecule has 1 aromatic rings. The fourth-order valence-corrected chi connectivity index (χ4v) is 2.47. The van der Waals surface area contributed by atoms with E-state index in [1.807, 2.05) is 0 Å². The largest absolute Gasteiger partial charge is 0.493 e. The van der Waals surface area contributed by atoms with Gasteiger partial charge in [0.05, 0.1) is 6.61 Å². The fourth-order valence-electron chi connectivity index (χ4n) is 1.81. The van der Waals surface area contributed by atoms with E-state index in [0.717, 1.165) is 24.5 Å². The summed E-state index contributed by atoms with van der Waals surface area (Å²) in [6.07, 6.45) is 2.33. The maximum absolute atomic E-state index is 5.87. The monoisotopic (exact) mass is 266 g/mol. The smallest absolute Gasteiger partial charge is 0.119 e. The number of benzene rings is 1. The summed E-state index contributed by atoms with van der Waals surface area (Å²) in [7, 11) is 0. The first-order valence-corrected chi connectivity index (χ1v) is 7.43. The SMILES string of the molecule is CCCc1ccc(OCC(CS)C(C)(C)C)cc1. The highest BCUT2D eigenvalue weighted by Crippen LogP contribution is 2.27. The maximum Gasteiger partial charge on any atom is 0.119 e. The van der Waals surface area contributed by atoms with Crippen molar-refractivity contribution in [2.75, 3.05) is 12.4 Å². The van der Waals surface area contributed by atoms with E-state index in [1.54, 1.807) is 0 Å². The molecule has 0 radical (unpaired) electrons. The van der Waals surface area contributed by atoms with Crippen LogP contribution in [0.2, 0.25) is 0 Å². The summed E-state index contributed by atoms with van der Waals surface area (Å²) in [4.78, 5) is 0. The Balaban J connectivity index is 2.52. The number of thiol groups is 1. The molecule has 0 spiro atoms. The molecule has 1 aromatic carbocycles. The molecule has 0 saturated heterocycles. The zero-order valence-electron chi connectivity index (χ0n) is 12.1. The molecule has 18 heavy (non-hydrogen) atoms. The van der Waals surface area contributed by atoms with Crippen LogP contribution in [0.1, 0.15) is 39.7 Å². The minimum Gasteiger partial charge on any atom is -0.493 e. The molecule has 0 aromatic heterocycles. The van der Waals surface area contributed by atoms with Crippen molar-refractivity contribution < 1.29 is 4.74 Å². The maximum atomic E-state index is 5.87. The summed E-state index contributed by atoms with van der Waals surface area (Å²) >= 11 is 4.42. The third-order valence-corrected chi connectivity index (χ3v) is 3.80. The number of rotatable bonds is 6. The fraction of sp³-hybridized carbons (Fsp3) is 0.625. The van der Waals surface area contributed by atoms with Crippen LogP contribution in [0, 0.1) is 11.3 Å². The van der Waals surface area contributed by atoms with E-state index in [-0.39, 0.29) is 5.41 Å². The lowest BCUT2D eigenvalue weighted by Gasteiger charge is -2.29. The molecule has 2 heteroatoms. The summed E-state index contributed by atoms with van der Waals surface area (Å²) in [5, 5.41) is 0. The topological polar surface area (TPSA) is 9.23 Å². The first-order valence-electron chi connectivity index (χ1n) is 6.80. The molecule has 0 aliphatic rings. The van der Waals surface area contributed by atoms with Gasteiger partial charge in [0.1, 0.15) is 5.75 Å². The number of ether oxygens (including phenoxy) is 1. The Morgan fingerprint density at radius 3 is 2.22 bits per heavy atom. The molecule has 0 fully saturated rings. The Hall–Kier alpha value is -0.630. The van der Waals surface area contributed by atoms with Gasteiger partial charge >= 0.3 is 0 Å². The van der Waals surface area contributed by atoms with Gasteiger partial charge in [0.2, 0.25) is 0 Å². The minimum absolute atomic E-state index is 0.240. The molecule has 1 atom stereocenters. The average Bonchev–Trinajstić information content (AvgIpc) is 2.30. The second-order valence-electron chi connectivity index (χ2n) is 5.95. The van der Waals surface area contributed by atoms with E-state index in [2.05, 4.69) is 64.6 Å². The average molecular weight is 266 g/mol. The molecule has 0 amide bonds. The first kappa shape index (κ1) is 15.4. The molecule has 0 heterocycles. The first-order chi connectivity index (χ1) is 8.47. The van der Waals surface area contributed by atoms with Gasteiger partial charge in [-0.2, -0.15) is 12.6 Å². The van der Waals surface area contributed by atoms with E-state index in [1.165, 1.54) is 12.0 Å². The van der Waals surface area contributed by atoms with Crippen LogP contribution in [0.5, 0.6) is 5.75 Å². The molecule has 1 unspecified atom stereocenters. The summed E-state index contributed by atoms with van der Waals surface area (Å²) in [6, 6.07) is 8.46. The second-order valence-corrected chi connectivity index (χ2v) is 6.32. The molecule has 1 nitrogen and oxygen atoms in total. The van der Waals surface area contributed by atoms with Gasteiger partial charge in [0.25, 0.3) is 0 Å². The van der Waals surface area contributed by atoms with Crippen LogP contribution in [0.15, 0.2) is 24.3 Å². The van der Waals surface area contributed by atoms with Crippen molar-refractivity contribution >= 4 is 12.6 Å². The van der Waals surface area contributed by atoms with Crippen LogP contribution < -0.4 is 4.74 Å². The molecule has 0 aliphatic carbocycles. The lowest BCUT2D eigenvalue weighted by molar-refractivity contribution is 0.165. The van der Waals surface area contributed by atoms with E-state index in [0.29, 0.717) is 5.92 Å². The van der Waals surface area contributed by atoms with Crippen molar-refractivity contribution in [3.8, 4) is 5.75 Å². The van der Waals surface area contributed by atoms with Crippen molar-refractivity contribution in [3.63, 3.8) is 0 Å². The number of hydrogen-bond donors (Lipinski definition) is 1. The summed E-state index contributed by atoms with van der Waals surface area (Å²) in [5.41, 5.74) is 1.62. The van der Waals surface area contributed by atoms with Gasteiger partial charge in [-0.15, -0.1) is 0 Å². The zero-order valence-corrected chi connectivity index (χ0v) is 13.0. The summed E-state index contributed by atoms with van der Waals surface area (Å²) in [6.45, 7) is 9.65. The highest BCUT2D eigenvalue weighted by Gasteiger charge is 2.23. The number of hydrogen-bond acceptors (Lipinski definition) is 2. The molecule has 1 rings (SSSR count). The Bertz CT molecular complexity index is 337. The van der Waals surface area contributed by atoms with Crippen LogP contribution in [0.3, 0.4) is 0 Å². The van der Waals surface area contributed by atoms with Gasteiger partial charge in [-0.05, 0) is 35.3 Å². The predicted octanol–water partition coefficient (Wildman–Crippen LogP) is 4.61. The highest BCUT2D eigenvalue weighted by atomic mass is 32.1. The normalized spacial score (nSPS) is 13.4. The predicted molar refractivity (Wildman–Crippen MR) is 82.7 cm³/mol. The zero-order chi connectivity index (χ0) is 13.6. The quantitative estimate of drug-likeness (QED) is 0.740. The Labute approximate surface area is 117 Å². The van der Waals surface area contributed by atoms with Gasteiger partial charge in [-0.3, -0.25) is 0 Å². The molecular weight excluding hydrogens is 240 g/mol. The van der Waals surface area contributed by atoms with Gasteiger partial charge in [0, 0.05) is 5.92 Å². The second kappa shape index (κ2) is 7.08. The van der Waals surface area contributed by atoms with Gasteiger partial charge in [-0.1, -0.05) is 46.2 Å². The third-order valence-electron chi connectivity index (χ3n) is 3.36. The van der Waals surface area contributed by atoms with Crippen molar-refractivity contribution in [3.05, 3.63) is 29.8 Å². The van der Waals surface area contributed by atoms with Gasteiger partial charge < -0.3 is 4.74 Å². The molecule has 0 saturated carbocycles. The van der Waals surface area contributed by atoms with Crippen LogP contribution >= 0.6 is 12.6 Å². The molecule has 0 N–H and O–H groups in total. The minimum atomic E-state index is 0.240. The van der Waals surface area contributed by atoms with Crippen LogP contribution in [-0.2, 0) is 6.42 Å². The van der Waals surface area contributed by atoms with E-state index >= 15 is 0 Å². The standard InChI is InChI=1S/C16H26OS/c1-5-6-13-7-9-15(10-8-13)17-11-14(12-18)16(2,3)4/h7-10,14,18H,5-6,11-12H2,1-4H3. The molecule has 0 bridgehead atoms. The lowest BCUT2D eigenvalue weighted by Crippen LogP contribution is -2.28. The number of aryl methyl sites for hydroxylation is 1. The van der Waals surface area contributed by atoms with Crippen LogP contribution in [0.25, 0.3) is 0 Å². The van der Waals surface area contributed by atoms with E-state index in [9.17, 15) is 0 Å². The summed E-state index contributed by atoms with van der Waals surface area (Å²) in [5.74, 6) is 2.29. The van der Waals surface area contributed by atoms with Crippen molar-refractivity contribution in [1.82, 2.24) is 0 Å². The van der Waals surface area contributed by atoms with Gasteiger partial charge in [0.15, 0.2) is 0 Å². The van der Waals surface area contributed by atoms with Gasteiger partial charge in [-0.25, -0.2) is 0 Å². The third kappa shape index (κ3) is 4.93. The van der Waals surface area contributed by atoms with E-state index < -0.39 is 0 Å². The van der Waals surface area contributed by atoms with Crippen molar-refractivity contribution in [1.29, 1.82) is 0 Å². The highest BCUT2D eigenvalue weighted by molar-refractivity contribution is 7.80. The van der Waals surface area contributed by atoms with Crippen LogP contribution in [-0.4, -0.2) is 12.4 Å². The molecule has 0 aliphatic heterocycles. The molecular formula is C16H26OS. The van der Waals surface area contributed by atoms with Crippen LogP contribution in [0.4, 0.5) is 0 Å². The summed E-state index contributed by atoms with van der Waals surface area (Å²) < 4.78 is 5.87. The lowest BCUT2D eigenvalue weighted by atomic mass is 9.82. The Kier molecular flexibility index (Phi) is 6.07.